The van der Waals surface area contributed by atoms with E-state index >= 15 is 0 Å². The summed E-state index contributed by atoms with van der Waals surface area (Å²) in [5.74, 6) is -1.85. The molecule has 2 N–H and O–H groups in total. The summed E-state index contributed by atoms with van der Waals surface area (Å²) in [4.78, 5) is -0.331. The van der Waals surface area contributed by atoms with Crippen molar-refractivity contribution in [2.24, 2.45) is 0 Å². The number of benzene rings is 1. The molecule has 1 heterocycles. The van der Waals surface area contributed by atoms with Crippen molar-refractivity contribution in [1.29, 1.82) is 0 Å². The van der Waals surface area contributed by atoms with Crippen LogP contribution in [0.25, 0.3) is 0 Å². The summed E-state index contributed by atoms with van der Waals surface area (Å²) in [7, 11) is -3.90. The maximum absolute atomic E-state index is 13.6. The van der Waals surface area contributed by atoms with Crippen molar-refractivity contribution in [2.45, 2.75) is 36.8 Å². The van der Waals surface area contributed by atoms with Gasteiger partial charge in [-0.25, -0.2) is 17.5 Å². The normalized spacial score (nSPS) is 19.4. The Morgan fingerprint density at radius 3 is 2.73 bits per heavy atom. The van der Waals surface area contributed by atoms with Crippen molar-refractivity contribution in [3.05, 3.63) is 24.0 Å². The Hall–Kier alpha value is -1.32. The number of sulfonamides is 1. The van der Waals surface area contributed by atoms with Gasteiger partial charge in [0.1, 0.15) is 0 Å². The summed E-state index contributed by atoms with van der Waals surface area (Å²) in [5, 5.41) is 3.18. The third kappa shape index (κ3) is 4.59. The molecule has 0 bridgehead atoms. The lowest BCUT2D eigenvalue weighted by Crippen LogP contribution is -2.43. The van der Waals surface area contributed by atoms with Gasteiger partial charge in [0.05, 0.1) is 4.90 Å². The van der Waals surface area contributed by atoms with Crippen LogP contribution in [0.2, 0.25) is 0 Å². The maximum atomic E-state index is 13.6. The van der Waals surface area contributed by atoms with E-state index in [0.717, 1.165) is 37.9 Å². The molecule has 0 amide bonds. The minimum Gasteiger partial charge on any atom is -0.432 e. The molecule has 0 spiro atoms. The molecule has 1 atom stereocenters. The lowest BCUT2D eigenvalue weighted by atomic mass is 10.1. The lowest BCUT2D eigenvalue weighted by Gasteiger charge is -2.23. The number of nitrogens with one attached hydrogen (secondary N) is 2. The van der Waals surface area contributed by atoms with Crippen molar-refractivity contribution in [2.75, 3.05) is 13.1 Å². The van der Waals surface area contributed by atoms with Crippen molar-refractivity contribution >= 4 is 10.0 Å². The fourth-order valence-electron chi connectivity index (χ4n) is 2.23. The maximum Gasteiger partial charge on any atom is 0.387 e. The van der Waals surface area contributed by atoms with Gasteiger partial charge in [-0.15, -0.1) is 0 Å². The zero-order chi connectivity index (χ0) is 16.2. The van der Waals surface area contributed by atoms with Crippen molar-refractivity contribution in [3.63, 3.8) is 0 Å². The lowest BCUT2D eigenvalue weighted by molar-refractivity contribution is -0.0522. The summed E-state index contributed by atoms with van der Waals surface area (Å²) in [5.41, 5.74) is 0. The highest BCUT2D eigenvalue weighted by molar-refractivity contribution is 7.89. The van der Waals surface area contributed by atoms with E-state index in [2.05, 4.69) is 14.8 Å². The molecule has 0 saturated carbocycles. The van der Waals surface area contributed by atoms with Gasteiger partial charge in [0.2, 0.25) is 10.0 Å². The summed E-state index contributed by atoms with van der Waals surface area (Å²) < 4.78 is 68.1. The molecule has 0 radical (unpaired) electrons. The van der Waals surface area contributed by atoms with Crippen LogP contribution in [0.3, 0.4) is 0 Å². The minimum absolute atomic E-state index is 0.0369. The SMILES string of the molecule is O=S(=O)(NCC1CCCCN1)c1ccc(OC(F)F)c(F)c1. The van der Waals surface area contributed by atoms with Crippen LogP contribution in [0.1, 0.15) is 19.3 Å². The van der Waals surface area contributed by atoms with Crippen LogP contribution in [-0.2, 0) is 10.0 Å². The second-order valence-electron chi connectivity index (χ2n) is 4.97. The van der Waals surface area contributed by atoms with Crippen LogP contribution in [-0.4, -0.2) is 34.2 Å². The summed E-state index contributed by atoms with van der Waals surface area (Å²) in [6.45, 7) is -2.15. The molecule has 22 heavy (non-hydrogen) atoms. The van der Waals surface area contributed by atoms with E-state index in [4.69, 9.17) is 0 Å². The van der Waals surface area contributed by atoms with Gasteiger partial charge in [0.15, 0.2) is 11.6 Å². The van der Waals surface area contributed by atoms with Crippen molar-refractivity contribution in [3.8, 4) is 5.75 Å². The van der Waals surface area contributed by atoms with Crippen LogP contribution >= 0.6 is 0 Å². The molecule has 1 unspecified atom stereocenters. The van der Waals surface area contributed by atoms with E-state index in [-0.39, 0.29) is 17.5 Å². The highest BCUT2D eigenvalue weighted by Gasteiger charge is 2.20. The molecule has 0 aliphatic carbocycles. The Morgan fingerprint density at radius 2 is 2.14 bits per heavy atom. The zero-order valence-corrected chi connectivity index (χ0v) is 12.5. The molecule has 1 saturated heterocycles. The number of piperidine rings is 1. The Morgan fingerprint density at radius 1 is 1.36 bits per heavy atom. The number of rotatable bonds is 6. The van der Waals surface area contributed by atoms with E-state index in [1.807, 2.05) is 0 Å². The second kappa shape index (κ2) is 7.30. The average Bonchev–Trinajstić information content (AvgIpc) is 2.48. The molecule has 1 aliphatic rings. The predicted molar refractivity (Wildman–Crippen MR) is 73.9 cm³/mol. The Kier molecular flexibility index (Phi) is 5.65. The fraction of sp³-hybridized carbons (Fsp3) is 0.538. The number of hydrogen-bond acceptors (Lipinski definition) is 4. The molecule has 1 fully saturated rings. The van der Waals surface area contributed by atoms with Gasteiger partial charge in [0.25, 0.3) is 0 Å². The van der Waals surface area contributed by atoms with Crippen molar-refractivity contribution in [1.82, 2.24) is 10.0 Å². The molecule has 0 aromatic heterocycles. The Labute approximate surface area is 126 Å². The smallest absolute Gasteiger partial charge is 0.387 e. The Balaban J connectivity index is 2.03. The Bertz CT molecular complexity index is 605. The number of hydrogen-bond donors (Lipinski definition) is 2. The monoisotopic (exact) mass is 338 g/mol. The third-order valence-electron chi connectivity index (χ3n) is 3.36. The zero-order valence-electron chi connectivity index (χ0n) is 11.7. The number of halogens is 3. The first-order valence-corrected chi connectivity index (χ1v) is 8.34. The highest BCUT2D eigenvalue weighted by atomic mass is 32.2. The van der Waals surface area contributed by atoms with E-state index in [1.54, 1.807) is 0 Å². The first kappa shape index (κ1) is 17.0. The minimum atomic E-state index is -3.90. The van der Waals surface area contributed by atoms with E-state index in [0.29, 0.717) is 6.07 Å². The molecule has 1 aromatic rings. The number of ether oxygens (including phenoxy) is 1. The van der Waals surface area contributed by atoms with Gasteiger partial charge in [-0.05, 0) is 37.6 Å². The summed E-state index contributed by atoms with van der Waals surface area (Å²) in [6, 6.07) is 2.59. The summed E-state index contributed by atoms with van der Waals surface area (Å²) in [6.07, 6.45) is 2.94. The molecule has 2 rings (SSSR count). The van der Waals surface area contributed by atoms with Crippen LogP contribution < -0.4 is 14.8 Å². The first-order chi connectivity index (χ1) is 10.4. The quantitative estimate of drug-likeness (QED) is 0.831. The average molecular weight is 338 g/mol. The molecule has 124 valence electrons. The van der Waals surface area contributed by atoms with E-state index < -0.39 is 28.2 Å². The molecule has 9 heteroatoms. The van der Waals surface area contributed by atoms with Gasteiger partial charge in [-0.1, -0.05) is 6.42 Å². The van der Waals surface area contributed by atoms with Gasteiger partial charge < -0.3 is 10.1 Å². The van der Waals surface area contributed by atoms with Gasteiger partial charge in [0, 0.05) is 12.6 Å². The molecule has 1 aliphatic heterocycles. The molecule has 1 aromatic carbocycles. The van der Waals surface area contributed by atoms with Crippen LogP contribution in [0.15, 0.2) is 23.1 Å². The largest absolute Gasteiger partial charge is 0.432 e. The number of alkyl halides is 2. The molecular formula is C13H17F3N2O3S. The standard InChI is InChI=1S/C13H17F3N2O3S/c14-11-7-10(4-5-12(11)21-13(15)16)22(19,20)18-8-9-3-1-2-6-17-9/h4-5,7,9,13,17-18H,1-3,6,8H2. The fourth-order valence-corrected chi connectivity index (χ4v) is 3.33. The van der Waals surface area contributed by atoms with Gasteiger partial charge >= 0.3 is 6.61 Å². The molecular weight excluding hydrogens is 321 g/mol. The highest BCUT2D eigenvalue weighted by Crippen LogP contribution is 2.22. The van der Waals surface area contributed by atoms with Crippen molar-refractivity contribution < 1.29 is 26.3 Å². The van der Waals surface area contributed by atoms with Gasteiger partial charge in [-0.2, -0.15) is 8.78 Å². The predicted octanol–water partition coefficient (Wildman–Crippen LogP) is 1.85. The van der Waals surface area contributed by atoms with E-state index in [9.17, 15) is 21.6 Å². The van der Waals surface area contributed by atoms with Gasteiger partial charge in [-0.3, -0.25) is 0 Å². The van der Waals surface area contributed by atoms with Crippen LogP contribution in [0, 0.1) is 5.82 Å². The van der Waals surface area contributed by atoms with E-state index in [1.165, 1.54) is 0 Å². The molecule has 5 nitrogen and oxygen atoms in total. The topological polar surface area (TPSA) is 67.4 Å². The third-order valence-corrected chi connectivity index (χ3v) is 4.78. The van der Waals surface area contributed by atoms with Crippen LogP contribution in [0.5, 0.6) is 5.75 Å². The van der Waals surface area contributed by atoms with Crippen LogP contribution in [0.4, 0.5) is 13.2 Å². The second-order valence-corrected chi connectivity index (χ2v) is 6.74. The summed E-state index contributed by atoms with van der Waals surface area (Å²) >= 11 is 0. The first-order valence-electron chi connectivity index (χ1n) is 6.86.